The van der Waals surface area contributed by atoms with Crippen LogP contribution in [-0.2, 0) is 17.8 Å². The van der Waals surface area contributed by atoms with E-state index in [9.17, 15) is 0 Å². The van der Waals surface area contributed by atoms with Crippen LogP contribution >= 0.6 is 0 Å². The molecule has 1 heteroatoms. The van der Waals surface area contributed by atoms with E-state index in [1.165, 1.54) is 23.1 Å². The normalized spacial score (nSPS) is 14.8. The van der Waals surface area contributed by atoms with E-state index in [4.69, 9.17) is 4.74 Å². The van der Waals surface area contributed by atoms with E-state index in [1.807, 2.05) is 0 Å². The van der Waals surface area contributed by atoms with Crippen molar-refractivity contribution in [1.29, 1.82) is 0 Å². The van der Waals surface area contributed by atoms with Crippen molar-refractivity contribution in [2.45, 2.75) is 32.8 Å². The Balaban J connectivity index is 1.85. The number of rotatable bonds is 5. The molecule has 1 aromatic rings. The zero-order valence-corrected chi connectivity index (χ0v) is 10.5. The first-order chi connectivity index (χ1) is 8.40. The molecule has 0 aromatic heterocycles. The van der Waals surface area contributed by atoms with Crippen LogP contribution in [0.2, 0.25) is 0 Å². The smallest absolute Gasteiger partial charge is 0.0724 e. The molecule has 1 nitrogen and oxygen atoms in total. The molecule has 0 spiro atoms. The Morgan fingerprint density at radius 1 is 1.06 bits per heavy atom. The third-order valence-electron chi connectivity index (χ3n) is 3.10. The highest BCUT2D eigenvalue weighted by Gasteiger charge is 2.01. The van der Waals surface area contributed by atoms with Gasteiger partial charge in [0.15, 0.2) is 0 Å². The molecule has 0 atom stereocenters. The first-order valence-electron chi connectivity index (χ1n) is 6.40. The van der Waals surface area contributed by atoms with Crippen molar-refractivity contribution in [3.05, 3.63) is 59.2 Å². The first kappa shape index (κ1) is 12.1. The zero-order valence-electron chi connectivity index (χ0n) is 10.5. The second-order valence-corrected chi connectivity index (χ2v) is 4.37. The second kappa shape index (κ2) is 6.41. The lowest BCUT2D eigenvalue weighted by atomic mass is 10.1. The van der Waals surface area contributed by atoms with Crippen LogP contribution in [0.4, 0.5) is 0 Å². The van der Waals surface area contributed by atoms with Crippen LogP contribution in [0.1, 0.15) is 30.9 Å². The molecule has 0 aliphatic heterocycles. The van der Waals surface area contributed by atoms with Gasteiger partial charge in [0.1, 0.15) is 0 Å². The molecule has 1 aliphatic rings. The molecular weight excluding hydrogens is 208 g/mol. The van der Waals surface area contributed by atoms with Crippen molar-refractivity contribution in [2.24, 2.45) is 0 Å². The van der Waals surface area contributed by atoms with Gasteiger partial charge in [0, 0.05) is 0 Å². The quantitative estimate of drug-likeness (QED) is 0.739. The molecule has 2 rings (SSSR count). The maximum Gasteiger partial charge on any atom is 0.0724 e. The minimum Gasteiger partial charge on any atom is -0.372 e. The lowest BCUT2D eigenvalue weighted by Gasteiger charge is -2.10. The van der Waals surface area contributed by atoms with Crippen LogP contribution in [0.25, 0.3) is 0 Å². The van der Waals surface area contributed by atoms with Crippen molar-refractivity contribution >= 4 is 0 Å². The highest BCUT2D eigenvalue weighted by Crippen LogP contribution is 2.13. The Labute approximate surface area is 104 Å². The summed E-state index contributed by atoms with van der Waals surface area (Å²) < 4.78 is 5.78. The minimum absolute atomic E-state index is 0.717. The summed E-state index contributed by atoms with van der Waals surface area (Å²) in [6, 6.07) is 8.51. The number of hydrogen-bond acceptors (Lipinski definition) is 1. The van der Waals surface area contributed by atoms with E-state index in [1.54, 1.807) is 0 Å². The van der Waals surface area contributed by atoms with Gasteiger partial charge in [0.25, 0.3) is 0 Å². The molecule has 0 unspecified atom stereocenters. The molecule has 0 heterocycles. The van der Waals surface area contributed by atoms with Gasteiger partial charge < -0.3 is 4.74 Å². The first-order valence-corrected chi connectivity index (χ1v) is 6.40. The van der Waals surface area contributed by atoms with Crippen LogP contribution in [0, 0.1) is 0 Å². The second-order valence-electron chi connectivity index (χ2n) is 4.37. The molecular formula is C16H20O. The molecule has 0 N–H and O–H groups in total. The van der Waals surface area contributed by atoms with Crippen LogP contribution in [0.15, 0.2) is 48.1 Å². The highest BCUT2D eigenvalue weighted by atomic mass is 16.5. The topological polar surface area (TPSA) is 9.23 Å². The predicted octanol–water partition coefficient (Wildman–Crippen LogP) is 4.04. The number of allylic oxidation sites excluding steroid dienone is 2. The van der Waals surface area contributed by atoms with E-state index >= 15 is 0 Å². The number of ether oxygens (including phenoxy) is 1. The minimum atomic E-state index is 0.717. The maximum atomic E-state index is 5.78. The van der Waals surface area contributed by atoms with Gasteiger partial charge in [0.05, 0.1) is 13.2 Å². The highest BCUT2D eigenvalue weighted by molar-refractivity contribution is 5.27. The average molecular weight is 228 g/mol. The van der Waals surface area contributed by atoms with Gasteiger partial charge in [-0.1, -0.05) is 49.4 Å². The molecule has 1 aliphatic carbocycles. The van der Waals surface area contributed by atoms with Crippen molar-refractivity contribution in [3.8, 4) is 0 Å². The fourth-order valence-corrected chi connectivity index (χ4v) is 2.10. The summed E-state index contributed by atoms with van der Waals surface area (Å²) in [5.41, 5.74) is 4.02. The van der Waals surface area contributed by atoms with Crippen LogP contribution in [0.5, 0.6) is 0 Å². The van der Waals surface area contributed by atoms with Crippen LogP contribution in [-0.4, -0.2) is 6.61 Å². The summed E-state index contributed by atoms with van der Waals surface area (Å²) in [7, 11) is 0. The van der Waals surface area contributed by atoms with E-state index in [0.717, 1.165) is 26.1 Å². The number of aryl methyl sites for hydroxylation is 1. The Bertz CT molecular complexity index is 415. The molecule has 0 amide bonds. The Morgan fingerprint density at radius 3 is 2.59 bits per heavy atom. The molecule has 0 bridgehead atoms. The van der Waals surface area contributed by atoms with Crippen molar-refractivity contribution in [2.75, 3.05) is 6.61 Å². The summed E-state index contributed by atoms with van der Waals surface area (Å²) in [6.45, 7) is 3.63. The van der Waals surface area contributed by atoms with Gasteiger partial charge >= 0.3 is 0 Å². The average Bonchev–Trinajstić information content (AvgIpc) is 2.40. The van der Waals surface area contributed by atoms with E-state index in [0.29, 0.717) is 0 Å². The van der Waals surface area contributed by atoms with Gasteiger partial charge in [-0.3, -0.25) is 0 Å². The molecule has 0 fully saturated rings. The van der Waals surface area contributed by atoms with Gasteiger partial charge in [-0.05, 0) is 36.0 Å². The van der Waals surface area contributed by atoms with Gasteiger partial charge in [-0.15, -0.1) is 0 Å². The fraction of sp³-hybridized carbons (Fsp3) is 0.375. The monoisotopic (exact) mass is 228 g/mol. The number of benzene rings is 1. The lowest BCUT2D eigenvalue weighted by molar-refractivity contribution is 0.143. The molecule has 90 valence electrons. The maximum absolute atomic E-state index is 5.78. The summed E-state index contributed by atoms with van der Waals surface area (Å²) in [6.07, 6.45) is 10.1. The van der Waals surface area contributed by atoms with Gasteiger partial charge in [-0.25, -0.2) is 0 Å². The van der Waals surface area contributed by atoms with Gasteiger partial charge in [0.2, 0.25) is 0 Å². The van der Waals surface area contributed by atoms with E-state index in [2.05, 4.69) is 49.4 Å². The Morgan fingerprint density at radius 2 is 1.88 bits per heavy atom. The van der Waals surface area contributed by atoms with E-state index < -0.39 is 0 Å². The van der Waals surface area contributed by atoms with Gasteiger partial charge in [-0.2, -0.15) is 0 Å². The summed E-state index contributed by atoms with van der Waals surface area (Å²) in [5.74, 6) is 0. The Hall–Kier alpha value is -1.34. The standard InChI is InChI=1S/C16H20O/c1-2-15-10-6-7-11-16(15)13-17-12-14-8-4-3-5-9-14/h4,6-11H,2-3,5,12-13H2,1H3. The summed E-state index contributed by atoms with van der Waals surface area (Å²) in [4.78, 5) is 0. The molecule has 0 saturated carbocycles. The third kappa shape index (κ3) is 3.57. The number of hydrogen-bond donors (Lipinski definition) is 0. The SMILES string of the molecule is CCc1ccccc1COCC1=CCCC=C1. The largest absolute Gasteiger partial charge is 0.372 e. The molecule has 0 saturated heterocycles. The molecule has 0 radical (unpaired) electrons. The predicted molar refractivity (Wildman–Crippen MR) is 71.9 cm³/mol. The third-order valence-corrected chi connectivity index (χ3v) is 3.10. The lowest BCUT2D eigenvalue weighted by Crippen LogP contribution is -2.01. The summed E-state index contributed by atoms with van der Waals surface area (Å²) in [5, 5.41) is 0. The van der Waals surface area contributed by atoms with E-state index in [-0.39, 0.29) is 0 Å². The molecule has 17 heavy (non-hydrogen) atoms. The van der Waals surface area contributed by atoms with Crippen molar-refractivity contribution in [3.63, 3.8) is 0 Å². The fourth-order valence-electron chi connectivity index (χ4n) is 2.10. The van der Waals surface area contributed by atoms with Crippen LogP contribution in [0.3, 0.4) is 0 Å². The molecule has 1 aromatic carbocycles. The Kier molecular flexibility index (Phi) is 4.57. The van der Waals surface area contributed by atoms with Crippen molar-refractivity contribution in [1.82, 2.24) is 0 Å². The zero-order chi connectivity index (χ0) is 11.9. The summed E-state index contributed by atoms with van der Waals surface area (Å²) >= 11 is 0. The van der Waals surface area contributed by atoms with Crippen LogP contribution < -0.4 is 0 Å². The van der Waals surface area contributed by atoms with Crippen molar-refractivity contribution < 1.29 is 4.74 Å².